The molecule has 0 aliphatic heterocycles. The highest BCUT2D eigenvalue weighted by Gasteiger charge is 2.14. The molecule has 0 aromatic heterocycles. The Morgan fingerprint density at radius 2 is 1.65 bits per heavy atom. The number of unbranched alkanes of at least 4 members (excludes halogenated alkanes) is 3. The minimum absolute atomic E-state index is 0.00685. The standard InChI is InChI=1S/C22H26N2O3S.C2H6.CH3NO2/c1-3-4-5-6-15-23-22(25)21(16-17-7-13-20(28-2)14-8-17)18-9-11-19(12-10-18)24(26)27;1-2;3-1-2-4/h7-14,16H,3-6,15H2,1-2H3,(H,23,25);1-2H3;1,4H,(H,2,3)/b21-16-;;. The van der Waals surface area contributed by atoms with Crippen LogP contribution in [0.4, 0.5) is 5.69 Å². The first-order chi connectivity index (χ1) is 16.5. The molecule has 0 aliphatic rings. The summed E-state index contributed by atoms with van der Waals surface area (Å²) in [5, 5.41) is 21.1. The van der Waals surface area contributed by atoms with Gasteiger partial charge in [-0.25, -0.2) is 5.48 Å². The third kappa shape index (κ3) is 12.2. The van der Waals surface area contributed by atoms with Crippen LogP contribution in [0.15, 0.2) is 53.4 Å². The number of hydrogen-bond donors (Lipinski definition) is 3. The van der Waals surface area contributed by atoms with Gasteiger partial charge in [0.05, 0.1) is 4.92 Å². The molecule has 2 rings (SSSR count). The molecule has 3 N–H and O–H groups in total. The molecule has 0 radical (unpaired) electrons. The quantitative estimate of drug-likeness (QED) is 0.0544. The predicted octanol–water partition coefficient (Wildman–Crippen LogP) is 5.70. The molecule has 0 atom stereocenters. The smallest absolute Gasteiger partial charge is 0.269 e. The Balaban J connectivity index is 0.00000164. The van der Waals surface area contributed by atoms with Crippen molar-refractivity contribution in [1.82, 2.24) is 10.8 Å². The number of thioether (sulfide) groups is 1. The van der Waals surface area contributed by atoms with Crippen LogP contribution in [0.3, 0.4) is 0 Å². The zero-order valence-electron chi connectivity index (χ0n) is 20.2. The maximum atomic E-state index is 12.8. The second kappa shape index (κ2) is 19.3. The van der Waals surface area contributed by atoms with Crippen LogP contribution in [-0.4, -0.2) is 35.2 Å². The highest BCUT2D eigenvalue weighted by atomic mass is 32.2. The number of non-ortho nitro benzene ring substituents is 1. The SMILES string of the molecule is CC.CCCCCCNC(=O)/C(=C\c1ccc(SC)cc1)c1ccc([N+](=O)[O-])cc1.O=CNO. The van der Waals surface area contributed by atoms with E-state index in [1.54, 1.807) is 23.9 Å². The van der Waals surface area contributed by atoms with Gasteiger partial charge in [-0.1, -0.05) is 52.2 Å². The summed E-state index contributed by atoms with van der Waals surface area (Å²) in [6.45, 7) is 6.77. The largest absolute Gasteiger partial charge is 0.352 e. The van der Waals surface area contributed by atoms with Crippen LogP contribution >= 0.6 is 11.8 Å². The first-order valence-electron chi connectivity index (χ1n) is 11.2. The zero-order valence-corrected chi connectivity index (χ0v) is 21.1. The third-order valence-electron chi connectivity index (χ3n) is 4.43. The van der Waals surface area contributed by atoms with E-state index in [-0.39, 0.29) is 18.0 Å². The van der Waals surface area contributed by atoms with Crippen molar-refractivity contribution in [3.8, 4) is 0 Å². The van der Waals surface area contributed by atoms with Crippen molar-refractivity contribution in [2.75, 3.05) is 12.8 Å². The Kier molecular flexibility index (Phi) is 17.5. The molecule has 0 saturated heterocycles. The Morgan fingerprint density at radius 3 is 2.12 bits per heavy atom. The Hall–Kier alpha value is -3.17. The molecule has 0 heterocycles. The number of carbonyl (C=O) groups is 2. The van der Waals surface area contributed by atoms with Crippen LogP contribution in [0.25, 0.3) is 11.6 Å². The van der Waals surface area contributed by atoms with Crippen molar-refractivity contribution in [1.29, 1.82) is 0 Å². The Bertz CT molecular complexity index is 884. The minimum atomic E-state index is -0.442. The summed E-state index contributed by atoms with van der Waals surface area (Å²) >= 11 is 1.66. The molecule has 34 heavy (non-hydrogen) atoms. The van der Waals surface area contributed by atoms with Gasteiger partial charge in [-0.3, -0.25) is 24.9 Å². The first kappa shape index (κ1) is 30.8. The van der Waals surface area contributed by atoms with Crippen molar-refractivity contribution in [3.05, 3.63) is 69.8 Å². The molecule has 0 unspecified atom stereocenters. The van der Waals surface area contributed by atoms with Crippen molar-refractivity contribution < 1.29 is 19.7 Å². The molecule has 0 bridgehead atoms. The molecule has 9 heteroatoms. The van der Waals surface area contributed by atoms with E-state index in [1.165, 1.54) is 17.6 Å². The number of carbonyl (C=O) groups excluding carboxylic acids is 2. The molecular weight excluding hydrogens is 454 g/mol. The van der Waals surface area contributed by atoms with Crippen LogP contribution in [0.1, 0.15) is 57.6 Å². The molecule has 0 saturated carbocycles. The fourth-order valence-corrected chi connectivity index (χ4v) is 3.17. The van der Waals surface area contributed by atoms with Crippen molar-refractivity contribution in [2.45, 2.75) is 51.3 Å². The molecule has 8 nitrogen and oxygen atoms in total. The molecule has 2 aromatic carbocycles. The van der Waals surface area contributed by atoms with Gasteiger partial charge in [0.25, 0.3) is 11.6 Å². The fraction of sp³-hybridized carbons (Fsp3) is 0.360. The van der Waals surface area contributed by atoms with E-state index >= 15 is 0 Å². The van der Waals surface area contributed by atoms with Crippen LogP contribution in [0, 0.1) is 10.1 Å². The van der Waals surface area contributed by atoms with Crippen LogP contribution in [0.2, 0.25) is 0 Å². The molecule has 186 valence electrons. The predicted molar refractivity (Wildman–Crippen MR) is 139 cm³/mol. The van der Waals surface area contributed by atoms with Crippen molar-refractivity contribution in [2.24, 2.45) is 0 Å². The third-order valence-corrected chi connectivity index (χ3v) is 5.17. The monoisotopic (exact) mass is 489 g/mol. The summed E-state index contributed by atoms with van der Waals surface area (Å²) < 4.78 is 0. The zero-order chi connectivity index (χ0) is 25.8. The minimum Gasteiger partial charge on any atom is -0.352 e. The lowest BCUT2D eigenvalue weighted by molar-refractivity contribution is -0.384. The van der Waals surface area contributed by atoms with E-state index in [0.29, 0.717) is 17.7 Å². The number of amides is 2. The molecule has 0 fully saturated rings. The van der Waals surface area contributed by atoms with E-state index in [9.17, 15) is 14.9 Å². The summed E-state index contributed by atoms with van der Waals surface area (Å²) in [5.74, 6) is -0.167. The van der Waals surface area contributed by atoms with Gasteiger partial charge in [-0.05, 0) is 54.1 Å². The van der Waals surface area contributed by atoms with Gasteiger partial charge in [-0.2, -0.15) is 0 Å². The number of nitrogens with one attached hydrogen (secondary N) is 2. The average Bonchev–Trinajstić information content (AvgIpc) is 2.88. The number of benzene rings is 2. The lowest BCUT2D eigenvalue weighted by atomic mass is 10.0. The summed E-state index contributed by atoms with van der Waals surface area (Å²) in [5.41, 5.74) is 3.33. The molecule has 2 aromatic rings. The number of hydrogen-bond acceptors (Lipinski definition) is 6. The molecule has 0 aliphatic carbocycles. The number of nitrogens with zero attached hydrogens (tertiary/aromatic N) is 1. The highest BCUT2D eigenvalue weighted by Crippen LogP contribution is 2.23. The van der Waals surface area contributed by atoms with Gasteiger partial charge >= 0.3 is 0 Å². The summed E-state index contributed by atoms with van der Waals surface area (Å²) in [6.07, 6.45) is 8.35. The van der Waals surface area contributed by atoms with Crippen LogP contribution in [-0.2, 0) is 9.59 Å². The van der Waals surface area contributed by atoms with Gasteiger partial charge in [0.2, 0.25) is 6.41 Å². The summed E-state index contributed by atoms with van der Waals surface area (Å²) in [4.78, 5) is 33.2. The lowest BCUT2D eigenvalue weighted by Gasteiger charge is -2.10. The Labute approximate surface area is 206 Å². The number of rotatable bonds is 11. The van der Waals surface area contributed by atoms with E-state index in [4.69, 9.17) is 10.0 Å². The number of nitro benzene ring substituents is 1. The average molecular weight is 490 g/mol. The fourth-order valence-electron chi connectivity index (χ4n) is 2.76. The van der Waals surface area contributed by atoms with E-state index in [1.807, 2.05) is 50.4 Å². The van der Waals surface area contributed by atoms with E-state index in [0.717, 1.165) is 36.1 Å². The van der Waals surface area contributed by atoms with E-state index < -0.39 is 4.92 Å². The normalized spacial score (nSPS) is 10.1. The molecule has 2 amide bonds. The van der Waals surface area contributed by atoms with E-state index in [2.05, 4.69) is 12.2 Å². The maximum Gasteiger partial charge on any atom is 0.269 e. The van der Waals surface area contributed by atoms with Gasteiger partial charge in [0, 0.05) is 29.1 Å². The molecular formula is C25H35N3O5S. The summed E-state index contributed by atoms with van der Waals surface area (Å²) in [6, 6.07) is 14.0. The number of nitro groups is 1. The first-order valence-corrected chi connectivity index (χ1v) is 12.4. The van der Waals surface area contributed by atoms with Crippen LogP contribution in [0.5, 0.6) is 0 Å². The van der Waals surface area contributed by atoms with Crippen molar-refractivity contribution >= 4 is 41.4 Å². The van der Waals surface area contributed by atoms with Gasteiger partial charge in [0.1, 0.15) is 0 Å². The van der Waals surface area contributed by atoms with Crippen molar-refractivity contribution in [3.63, 3.8) is 0 Å². The summed E-state index contributed by atoms with van der Waals surface area (Å²) in [7, 11) is 0. The highest BCUT2D eigenvalue weighted by molar-refractivity contribution is 7.98. The second-order valence-electron chi connectivity index (χ2n) is 6.70. The topological polar surface area (TPSA) is 122 Å². The van der Waals surface area contributed by atoms with Crippen LogP contribution < -0.4 is 10.8 Å². The van der Waals surface area contributed by atoms with Gasteiger partial charge < -0.3 is 5.32 Å². The molecule has 0 spiro atoms. The lowest BCUT2D eigenvalue weighted by Crippen LogP contribution is -2.25. The van der Waals surface area contributed by atoms with Gasteiger partial charge in [0.15, 0.2) is 0 Å². The Morgan fingerprint density at radius 1 is 1.06 bits per heavy atom. The van der Waals surface area contributed by atoms with Gasteiger partial charge in [-0.15, -0.1) is 11.8 Å². The number of hydroxylamine groups is 1. The second-order valence-corrected chi connectivity index (χ2v) is 7.58. The maximum absolute atomic E-state index is 12.8.